The van der Waals surface area contributed by atoms with Crippen LogP contribution in [0.1, 0.15) is 10.4 Å². The number of hydrogen-bond acceptors (Lipinski definition) is 3. The Hall–Kier alpha value is -1.53. The Morgan fingerprint density at radius 1 is 1.56 bits per heavy atom. The van der Waals surface area contributed by atoms with Gasteiger partial charge in [0, 0.05) is 17.1 Å². The molecule has 0 fully saturated rings. The predicted octanol–water partition coefficient (Wildman–Crippen LogP) is 2.67. The number of halogens is 2. The first kappa shape index (κ1) is 12.9. The second-order valence-electron chi connectivity index (χ2n) is 3.66. The molecule has 0 bridgehead atoms. The van der Waals surface area contributed by atoms with Crippen molar-refractivity contribution in [1.82, 2.24) is 9.78 Å². The number of amides is 1. The number of nitrogens with two attached hydrogens (primary N) is 1. The number of carbonyl (C=O) groups is 1. The molecule has 1 aromatic heterocycles. The van der Waals surface area contributed by atoms with Crippen LogP contribution in [0.5, 0.6) is 0 Å². The number of hydrogen-bond donors (Lipinski definition) is 2. The molecular formula is C11H10BrClN4O. The fourth-order valence-corrected chi connectivity index (χ4v) is 1.92. The van der Waals surface area contributed by atoms with Crippen LogP contribution in [0.15, 0.2) is 28.9 Å². The average molecular weight is 330 g/mol. The highest BCUT2D eigenvalue weighted by atomic mass is 79.9. The molecule has 0 saturated carbocycles. The maximum Gasteiger partial charge on any atom is 0.256 e. The molecule has 18 heavy (non-hydrogen) atoms. The van der Waals surface area contributed by atoms with E-state index in [4.69, 9.17) is 17.3 Å². The van der Waals surface area contributed by atoms with Crippen LogP contribution in [0.2, 0.25) is 5.02 Å². The van der Waals surface area contributed by atoms with E-state index < -0.39 is 0 Å². The minimum atomic E-state index is -0.275. The summed E-state index contributed by atoms with van der Waals surface area (Å²) >= 11 is 9.13. The van der Waals surface area contributed by atoms with Gasteiger partial charge in [-0.15, -0.1) is 0 Å². The molecule has 94 valence electrons. The molecule has 5 nitrogen and oxygen atoms in total. The zero-order valence-electron chi connectivity index (χ0n) is 9.45. The minimum absolute atomic E-state index is 0.275. The van der Waals surface area contributed by atoms with Gasteiger partial charge in [0.15, 0.2) is 5.82 Å². The average Bonchev–Trinajstić information content (AvgIpc) is 2.64. The van der Waals surface area contributed by atoms with Crippen molar-refractivity contribution in [3.8, 4) is 0 Å². The third-order valence-corrected chi connectivity index (χ3v) is 3.59. The topological polar surface area (TPSA) is 72.9 Å². The summed E-state index contributed by atoms with van der Waals surface area (Å²) in [5.74, 6) is 0.189. The molecule has 0 radical (unpaired) electrons. The van der Waals surface area contributed by atoms with Gasteiger partial charge >= 0.3 is 0 Å². The van der Waals surface area contributed by atoms with Gasteiger partial charge in [-0.1, -0.05) is 11.6 Å². The van der Waals surface area contributed by atoms with E-state index in [0.29, 0.717) is 26.6 Å². The largest absolute Gasteiger partial charge is 0.394 e. The summed E-state index contributed by atoms with van der Waals surface area (Å²) in [6.45, 7) is 0. The third-order valence-electron chi connectivity index (χ3n) is 2.38. The van der Waals surface area contributed by atoms with Gasteiger partial charge < -0.3 is 11.1 Å². The lowest BCUT2D eigenvalue weighted by atomic mass is 10.2. The molecule has 2 aromatic rings. The first-order valence-corrected chi connectivity index (χ1v) is 6.20. The van der Waals surface area contributed by atoms with Crippen LogP contribution in [0.4, 0.5) is 11.5 Å². The van der Waals surface area contributed by atoms with E-state index in [9.17, 15) is 4.79 Å². The maximum absolute atomic E-state index is 12.0. The summed E-state index contributed by atoms with van der Waals surface area (Å²) in [5.41, 5.74) is 6.59. The number of anilines is 2. The molecule has 0 aliphatic carbocycles. The highest BCUT2D eigenvalue weighted by Crippen LogP contribution is 2.24. The molecule has 0 atom stereocenters. The molecule has 1 amide bonds. The molecule has 2 rings (SSSR count). The third kappa shape index (κ3) is 2.49. The molecule has 0 saturated heterocycles. The van der Waals surface area contributed by atoms with Crippen molar-refractivity contribution in [2.75, 3.05) is 11.1 Å². The molecule has 7 heteroatoms. The number of aromatic nitrogens is 2. The lowest BCUT2D eigenvalue weighted by Gasteiger charge is -2.07. The molecule has 3 N–H and O–H groups in total. The second kappa shape index (κ2) is 4.99. The van der Waals surface area contributed by atoms with Crippen LogP contribution >= 0.6 is 27.5 Å². The Bertz CT molecular complexity index is 592. The van der Waals surface area contributed by atoms with E-state index in [2.05, 4.69) is 26.3 Å². The van der Waals surface area contributed by atoms with Crippen molar-refractivity contribution in [3.05, 3.63) is 39.5 Å². The quantitative estimate of drug-likeness (QED) is 0.889. The lowest BCUT2D eigenvalue weighted by Crippen LogP contribution is -2.15. The Balaban J connectivity index is 2.25. The van der Waals surface area contributed by atoms with Crippen molar-refractivity contribution in [2.24, 2.45) is 7.05 Å². The summed E-state index contributed by atoms with van der Waals surface area (Å²) in [6.07, 6.45) is 1.48. The van der Waals surface area contributed by atoms with Crippen molar-refractivity contribution in [3.63, 3.8) is 0 Å². The van der Waals surface area contributed by atoms with E-state index in [1.807, 2.05) is 0 Å². The second-order valence-corrected chi connectivity index (χ2v) is 4.92. The number of benzene rings is 1. The predicted molar refractivity (Wildman–Crippen MR) is 74.7 cm³/mol. The van der Waals surface area contributed by atoms with Gasteiger partial charge in [-0.2, -0.15) is 5.10 Å². The highest BCUT2D eigenvalue weighted by molar-refractivity contribution is 9.10. The SMILES string of the molecule is Cn1ncc(N)c1NC(=O)c1ccc(Cl)c(Br)c1. The maximum atomic E-state index is 12.0. The van der Waals surface area contributed by atoms with Gasteiger partial charge in [-0.25, -0.2) is 0 Å². The summed E-state index contributed by atoms with van der Waals surface area (Å²) in [7, 11) is 1.70. The van der Waals surface area contributed by atoms with E-state index in [-0.39, 0.29) is 5.91 Å². The first-order valence-electron chi connectivity index (χ1n) is 5.03. The van der Waals surface area contributed by atoms with Gasteiger partial charge in [0.05, 0.1) is 16.9 Å². The van der Waals surface area contributed by atoms with E-state index >= 15 is 0 Å². The molecular weight excluding hydrogens is 320 g/mol. The fraction of sp³-hybridized carbons (Fsp3) is 0.0909. The van der Waals surface area contributed by atoms with E-state index in [0.717, 1.165) is 0 Å². The Morgan fingerprint density at radius 3 is 2.83 bits per heavy atom. The Kier molecular flexibility index (Phi) is 3.58. The van der Waals surface area contributed by atoms with Gasteiger partial charge in [-0.05, 0) is 34.1 Å². The van der Waals surface area contributed by atoms with Crippen molar-refractivity contribution in [2.45, 2.75) is 0 Å². The summed E-state index contributed by atoms with van der Waals surface area (Å²) in [4.78, 5) is 12.0. The zero-order chi connectivity index (χ0) is 13.3. The molecule has 1 aromatic carbocycles. The number of nitrogen functional groups attached to an aromatic ring is 1. The summed E-state index contributed by atoms with van der Waals surface area (Å²) < 4.78 is 2.16. The summed E-state index contributed by atoms with van der Waals surface area (Å²) in [5, 5.41) is 7.18. The van der Waals surface area contributed by atoms with Crippen LogP contribution in [0.3, 0.4) is 0 Å². The number of nitrogens with one attached hydrogen (secondary N) is 1. The Morgan fingerprint density at radius 2 is 2.28 bits per heavy atom. The zero-order valence-corrected chi connectivity index (χ0v) is 11.8. The number of rotatable bonds is 2. The van der Waals surface area contributed by atoms with Gasteiger partial charge in [0.2, 0.25) is 0 Å². The molecule has 0 spiro atoms. The minimum Gasteiger partial charge on any atom is -0.394 e. The van der Waals surface area contributed by atoms with Crippen molar-refractivity contribution < 1.29 is 4.79 Å². The van der Waals surface area contributed by atoms with Crippen LogP contribution in [0.25, 0.3) is 0 Å². The molecule has 0 aliphatic rings. The normalized spacial score (nSPS) is 10.4. The monoisotopic (exact) mass is 328 g/mol. The standard InChI is InChI=1S/C11H10BrClN4O/c1-17-10(9(14)5-15-17)16-11(18)6-2-3-8(13)7(12)4-6/h2-5H,14H2,1H3,(H,16,18). The van der Waals surface area contributed by atoms with Crippen LogP contribution in [-0.2, 0) is 7.05 Å². The smallest absolute Gasteiger partial charge is 0.256 e. The molecule has 0 unspecified atom stereocenters. The Labute approximate surface area is 117 Å². The number of aryl methyl sites for hydroxylation is 1. The summed E-state index contributed by atoms with van der Waals surface area (Å²) in [6, 6.07) is 4.92. The lowest BCUT2D eigenvalue weighted by molar-refractivity contribution is 0.102. The number of nitrogens with zero attached hydrogens (tertiary/aromatic N) is 2. The van der Waals surface area contributed by atoms with E-state index in [1.165, 1.54) is 10.9 Å². The van der Waals surface area contributed by atoms with E-state index in [1.54, 1.807) is 25.2 Å². The van der Waals surface area contributed by atoms with Crippen molar-refractivity contribution in [1.29, 1.82) is 0 Å². The van der Waals surface area contributed by atoms with Crippen LogP contribution in [0, 0.1) is 0 Å². The van der Waals surface area contributed by atoms with Crippen LogP contribution in [-0.4, -0.2) is 15.7 Å². The fourth-order valence-electron chi connectivity index (χ4n) is 1.42. The highest BCUT2D eigenvalue weighted by Gasteiger charge is 2.12. The first-order chi connectivity index (χ1) is 8.49. The molecule has 0 aliphatic heterocycles. The van der Waals surface area contributed by atoms with Gasteiger partial charge in [-0.3, -0.25) is 9.48 Å². The van der Waals surface area contributed by atoms with Gasteiger partial charge in [0.25, 0.3) is 5.91 Å². The van der Waals surface area contributed by atoms with Gasteiger partial charge in [0.1, 0.15) is 0 Å². The number of carbonyl (C=O) groups excluding carboxylic acids is 1. The van der Waals surface area contributed by atoms with Crippen LogP contribution < -0.4 is 11.1 Å². The van der Waals surface area contributed by atoms with Crippen molar-refractivity contribution >= 4 is 44.9 Å². The molecule has 1 heterocycles.